The minimum atomic E-state index is 0.277. The van der Waals surface area contributed by atoms with Crippen molar-refractivity contribution in [3.63, 3.8) is 0 Å². The number of fused-ring (bicyclic) bond motifs is 2. The molecule has 6 heteroatoms. The lowest BCUT2D eigenvalue weighted by Gasteiger charge is -2.09. The number of nitrogens with one attached hydrogen (secondary N) is 1. The van der Waals surface area contributed by atoms with Gasteiger partial charge in [0.05, 0.1) is 18.5 Å². The maximum Gasteiger partial charge on any atom is 0.231 e. The zero-order chi connectivity index (χ0) is 18.2. The summed E-state index contributed by atoms with van der Waals surface area (Å²) in [6.45, 7) is 1.23. The van der Waals surface area contributed by atoms with E-state index < -0.39 is 0 Å². The summed E-state index contributed by atoms with van der Waals surface area (Å²) >= 11 is 0. The van der Waals surface area contributed by atoms with Gasteiger partial charge in [-0.05, 0) is 61.7 Å². The zero-order valence-electron chi connectivity index (χ0n) is 15.2. The highest BCUT2D eigenvalue weighted by atomic mass is 16.7. The predicted molar refractivity (Wildman–Crippen MR) is 103 cm³/mol. The van der Waals surface area contributed by atoms with Gasteiger partial charge in [0.25, 0.3) is 0 Å². The first-order valence-electron chi connectivity index (χ1n) is 9.24. The minimum Gasteiger partial charge on any atom is -0.497 e. The van der Waals surface area contributed by atoms with Crippen molar-refractivity contribution in [2.45, 2.75) is 19.3 Å². The summed E-state index contributed by atoms with van der Waals surface area (Å²) in [7, 11) is 1.67. The Kier molecular flexibility index (Phi) is 3.89. The van der Waals surface area contributed by atoms with Crippen LogP contribution < -0.4 is 19.5 Å². The molecule has 6 nitrogen and oxygen atoms in total. The van der Waals surface area contributed by atoms with Crippen molar-refractivity contribution in [1.29, 1.82) is 0 Å². The summed E-state index contributed by atoms with van der Waals surface area (Å²) in [5, 5.41) is 8.55. The van der Waals surface area contributed by atoms with Gasteiger partial charge in [0, 0.05) is 17.7 Å². The van der Waals surface area contributed by atoms with Gasteiger partial charge < -0.3 is 19.5 Å². The van der Waals surface area contributed by atoms with Crippen LogP contribution in [0.3, 0.4) is 0 Å². The maximum atomic E-state index is 5.56. The number of ether oxygens (including phenoxy) is 3. The molecular weight excluding hydrogens is 342 g/mol. The number of hydrogen-bond acceptors (Lipinski definition) is 5. The van der Waals surface area contributed by atoms with Crippen molar-refractivity contribution >= 4 is 5.82 Å². The summed E-state index contributed by atoms with van der Waals surface area (Å²) < 4.78 is 18.3. The molecule has 2 aromatic carbocycles. The van der Waals surface area contributed by atoms with E-state index in [1.807, 2.05) is 41.1 Å². The molecule has 0 spiro atoms. The van der Waals surface area contributed by atoms with Crippen LogP contribution in [0.2, 0.25) is 0 Å². The third kappa shape index (κ3) is 2.77. The average molecular weight is 363 g/mol. The van der Waals surface area contributed by atoms with Crippen molar-refractivity contribution in [2.24, 2.45) is 0 Å². The van der Waals surface area contributed by atoms with E-state index in [1.54, 1.807) is 7.11 Å². The smallest absolute Gasteiger partial charge is 0.231 e. The Hall–Kier alpha value is -3.15. The van der Waals surface area contributed by atoms with E-state index in [1.165, 1.54) is 5.56 Å². The van der Waals surface area contributed by atoms with Crippen LogP contribution in [0.15, 0.2) is 42.5 Å². The molecule has 3 aromatic rings. The standard InChI is InChI=1S/C21H21N3O3/c1-25-16-8-6-15(7-9-16)24-21-17(4-2-3-11-22-21)20(23-24)14-5-10-18-19(12-14)27-13-26-18/h5-10,12,22H,2-4,11,13H2,1H3. The van der Waals surface area contributed by atoms with Crippen LogP contribution in [0.5, 0.6) is 17.2 Å². The van der Waals surface area contributed by atoms with Crippen molar-refractivity contribution in [1.82, 2.24) is 9.78 Å². The Bertz CT molecular complexity index is 979. The second kappa shape index (κ2) is 6.54. The van der Waals surface area contributed by atoms with E-state index in [-0.39, 0.29) is 6.79 Å². The molecular formula is C21H21N3O3. The van der Waals surface area contributed by atoms with Crippen LogP contribution in [0.1, 0.15) is 18.4 Å². The molecule has 0 aliphatic carbocycles. The number of nitrogens with zero attached hydrogens (tertiary/aromatic N) is 2. The number of benzene rings is 2. The molecule has 0 unspecified atom stereocenters. The second-order valence-electron chi connectivity index (χ2n) is 6.74. The molecule has 0 atom stereocenters. The fraction of sp³-hybridized carbons (Fsp3) is 0.286. The van der Waals surface area contributed by atoms with Gasteiger partial charge in [-0.1, -0.05) is 0 Å². The Morgan fingerprint density at radius 3 is 2.74 bits per heavy atom. The van der Waals surface area contributed by atoms with Crippen LogP contribution in [0.25, 0.3) is 16.9 Å². The van der Waals surface area contributed by atoms with Gasteiger partial charge >= 0.3 is 0 Å². The molecule has 0 fully saturated rings. The summed E-state index contributed by atoms with van der Waals surface area (Å²) in [4.78, 5) is 0. The predicted octanol–water partition coefficient (Wildman–Crippen LogP) is 4.02. The molecule has 0 amide bonds. The Balaban J connectivity index is 1.64. The van der Waals surface area contributed by atoms with E-state index in [9.17, 15) is 0 Å². The largest absolute Gasteiger partial charge is 0.497 e. The molecule has 138 valence electrons. The second-order valence-corrected chi connectivity index (χ2v) is 6.74. The topological polar surface area (TPSA) is 57.5 Å². The summed E-state index contributed by atoms with van der Waals surface area (Å²) in [5.74, 6) is 3.48. The molecule has 0 saturated heterocycles. The first-order chi connectivity index (χ1) is 13.3. The van der Waals surface area contributed by atoms with E-state index in [0.29, 0.717) is 0 Å². The van der Waals surface area contributed by atoms with Gasteiger partial charge in [0.1, 0.15) is 11.6 Å². The van der Waals surface area contributed by atoms with Crippen LogP contribution in [-0.4, -0.2) is 30.2 Å². The van der Waals surface area contributed by atoms with Crippen LogP contribution in [-0.2, 0) is 6.42 Å². The fourth-order valence-electron chi connectivity index (χ4n) is 3.69. The lowest BCUT2D eigenvalue weighted by atomic mass is 10.0. The van der Waals surface area contributed by atoms with Crippen LogP contribution >= 0.6 is 0 Å². The Morgan fingerprint density at radius 1 is 1.04 bits per heavy atom. The van der Waals surface area contributed by atoms with Gasteiger partial charge in [-0.15, -0.1) is 0 Å². The van der Waals surface area contributed by atoms with E-state index >= 15 is 0 Å². The van der Waals surface area contributed by atoms with E-state index in [4.69, 9.17) is 19.3 Å². The van der Waals surface area contributed by atoms with E-state index in [0.717, 1.165) is 65.8 Å². The lowest BCUT2D eigenvalue weighted by molar-refractivity contribution is 0.174. The number of hydrogen-bond donors (Lipinski definition) is 1. The fourth-order valence-corrected chi connectivity index (χ4v) is 3.69. The Morgan fingerprint density at radius 2 is 1.89 bits per heavy atom. The first kappa shape index (κ1) is 16.1. The monoisotopic (exact) mass is 363 g/mol. The number of methoxy groups -OCH3 is 1. The number of aromatic nitrogens is 2. The first-order valence-corrected chi connectivity index (χ1v) is 9.24. The SMILES string of the molecule is COc1ccc(-n2nc(-c3ccc4c(c3)OCO4)c3c2NCCCC3)cc1. The Labute approximate surface area is 157 Å². The van der Waals surface area contributed by atoms with E-state index in [2.05, 4.69) is 11.4 Å². The molecule has 1 N–H and O–H groups in total. The molecule has 0 radical (unpaired) electrons. The highest BCUT2D eigenvalue weighted by Gasteiger charge is 2.23. The maximum absolute atomic E-state index is 5.56. The minimum absolute atomic E-state index is 0.277. The quantitative estimate of drug-likeness (QED) is 0.761. The molecule has 0 saturated carbocycles. The zero-order valence-corrected chi connectivity index (χ0v) is 15.2. The molecule has 2 aliphatic heterocycles. The summed E-state index contributed by atoms with van der Waals surface area (Å²) in [6, 6.07) is 14.0. The van der Waals surface area contributed by atoms with Gasteiger partial charge in [-0.25, -0.2) is 4.68 Å². The molecule has 0 bridgehead atoms. The third-order valence-electron chi connectivity index (χ3n) is 5.09. The van der Waals surface area contributed by atoms with Gasteiger partial charge in [-0.2, -0.15) is 5.10 Å². The van der Waals surface area contributed by atoms with Crippen molar-refractivity contribution in [3.8, 4) is 34.2 Å². The van der Waals surface area contributed by atoms with Crippen molar-refractivity contribution in [3.05, 3.63) is 48.0 Å². The highest BCUT2D eigenvalue weighted by Crippen LogP contribution is 2.39. The van der Waals surface area contributed by atoms with Crippen LogP contribution in [0, 0.1) is 0 Å². The van der Waals surface area contributed by atoms with Gasteiger partial charge in [0.15, 0.2) is 11.5 Å². The lowest BCUT2D eigenvalue weighted by Crippen LogP contribution is -2.07. The highest BCUT2D eigenvalue weighted by molar-refractivity contribution is 5.73. The number of rotatable bonds is 3. The number of anilines is 1. The molecule has 5 rings (SSSR count). The van der Waals surface area contributed by atoms with Crippen molar-refractivity contribution in [2.75, 3.05) is 25.8 Å². The molecule has 1 aromatic heterocycles. The third-order valence-corrected chi connectivity index (χ3v) is 5.09. The normalized spacial score (nSPS) is 15.0. The van der Waals surface area contributed by atoms with Gasteiger partial charge in [0.2, 0.25) is 6.79 Å². The molecule has 3 heterocycles. The van der Waals surface area contributed by atoms with Crippen LogP contribution in [0.4, 0.5) is 5.82 Å². The molecule has 27 heavy (non-hydrogen) atoms. The summed E-state index contributed by atoms with van der Waals surface area (Å²) in [5.41, 5.74) is 4.30. The van der Waals surface area contributed by atoms with Crippen molar-refractivity contribution < 1.29 is 14.2 Å². The van der Waals surface area contributed by atoms with Gasteiger partial charge in [-0.3, -0.25) is 0 Å². The average Bonchev–Trinajstić information content (AvgIpc) is 3.25. The summed E-state index contributed by atoms with van der Waals surface area (Å²) in [6.07, 6.45) is 3.30. The molecule has 2 aliphatic rings.